The predicted octanol–water partition coefficient (Wildman–Crippen LogP) is 5.60. The van der Waals surface area contributed by atoms with Crippen LogP contribution in [0.3, 0.4) is 0 Å². The molecule has 0 aromatic heterocycles. The summed E-state index contributed by atoms with van der Waals surface area (Å²) in [5.41, 5.74) is 2.97. The molecule has 3 rings (SSSR count). The van der Waals surface area contributed by atoms with Gasteiger partial charge in [0, 0.05) is 25.3 Å². The van der Waals surface area contributed by atoms with Crippen LogP contribution in [-0.4, -0.2) is 19.0 Å². The van der Waals surface area contributed by atoms with E-state index < -0.39 is 11.9 Å². The molecular weight excluding hydrogens is 396 g/mol. The summed E-state index contributed by atoms with van der Waals surface area (Å²) in [5.74, 6) is 0.894. The molecule has 0 unspecified atom stereocenters. The average Bonchev–Trinajstić information content (AvgIpc) is 3.10. The van der Waals surface area contributed by atoms with E-state index >= 15 is 0 Å². The van der Waals surface area contributed by atoms with Crippen molar-refractivity contribution >= 4 is 18.0 Å². The Labute approximate surface area is 182 Å². The van der Waals surface area contributed by atoms with E-state index in [1.54, 1.807) is 19.2 Å². The van der Waals surface area contributed by atoms with Crippen molar-refractivity contribution in [2.24, 2.45) is 0 Å². The molecule has 0 amide bonds. The van der Waals surface area contributed by atoms with Gasteiger partial charge in [0.05, 0.1) is 7.11 Å². The van der Waals surface area contributed by atoms with Crippen LogP contribution in [-0.2, 0) is 9.59 Å². The van der Waals surface area contributed by atoms with E-state index in [4.69, 9.17) is 18.9 Å². The molecule has 0 aliphatic carbocycles. The lowest BCUT2D eigenvalue weighted by molar-refractivity contribution is -0.134. The zero-order valence-electron chi connectivity index (χ0n) is 18.6. The number of esters is 2. The molecule has 0 N–H and O–H groups in total. The molecule has 1 aliphatic rings. The van der Waals surface area contributed by atoms with E-state index in [1.807, 2.05) is 12.1 Å². The number of methoxy groups -OCH3 is 1. The first-order chi connectivity index (χ1) is 14.9. The highest BCUT2D eigenvalue weighted by molar-refractivity contribution is 5.74. The van der Waals surface area contributed by atoms with Crippen molar-refractivity contribution in [3.05, 3.63) is 53.1 Å². The highest BCUT2D eigenvalue weighted by Crippen LogP contribution is 2.52. The third-order valence-electron chi connectivity index (χ3n) is 5.13. The van der Waals surface area contributed by atoms with Gasteiger partial charge in [-0.1, -0.05) is 32.1 Å². The van der Waals surface area contributed by atoms with Crippen LogP contribution in [0.2, 0.25) is 0 Å². The van der Waals surface area contributed by atoms with Gasteiger partial charge in [-0.2, -0.15) is 0 Å². The van der Waals surface area contributed by atoms with Crippen molar-refractivity contribution in [2.75, 3.05) is 7.11 Å². The molecule has 0 radical (unpaired) electrons. The molecule has 0 saturated heterocycles. The van der Waals surface area contributed by atoms with Gasteiger partial charge in [0.2, 0.25) is 0 Å². The fourth-order valence-electron chi connectivity index (χ4n) is 3.83. The van der Waals surface area contributed by atoms with Crippen molar-refractivity contribution in [3.63, 3.8) is 0 Å². The van der Waals surface area contributed by atoms with Gasteiger partial charge in [0.15, 0.2) is 23.0 Å². The molecule has 1 heterocycles. The van der Waals surface area contributed by atoms with Crippen LogP contribution in [0.15, 0.2) is 36.4 Å². The SMILES string of the molecule is CC/C=C/c1cc(OC)c2c(c1)[C@H](CC)[C@@H](c1ccc(OC(C)=O)c(OC(C)=O)c1)O2. The normalized spacial score (nSPS) is 17.2. The minimum Gasteiger partial charge on any atom is -0.493 e. The number of hydrogen-bond donors (Lipinski definition) is 0. The predicted molar refractivity (Wildman–Crippen MR) is 118 cm³/mol. The van der Waals surface area contributed by atoms with E-state index in [9.17, 15) is 9.59 Å². The van der Waals surface area contributed by atoms with Crippen LogP contribution >= 0.6 is 0 Å². The monoisotopic (exact) mass is 424 g/mol. The summed E-state index contributed by atoms with van der Waals surface area (Å²) in [5, 5.41) is 0. The van der Waals surface area contributed by atoms with Crippen molar-refractivity contribution in [3.8, 4) is 23.0 Å². The Morgan fingerprint density at radius 1 is 1.00 bits per heavy atom. The number of benzene rings is 2. The summed E-state index contributed by atoms with van der Waals surface area (Å²) >= 11 is 0. The lowest BCUT2D eigenvalue weighted by Gasteiger charge is -2.19. The molecule has 0 saturated carbocycles. The Bertz CT molecular complexity index is 1010. The molecule has 0 spiro atoms. The smallest absolute Gasteiger partial charge is 0.308 e. The second-order valence-corrected chi connectivity index (χ2v) is 7.40. The molecule has 2 aromatic carbocycles. The van der Waals surface area contributed by atoms with Crippen LogP contribution in [0, 0.1) is 0 Å². The molecule has 31 heavy (non-hydrogen) atoms. The Morgan fingerprint density at radius 3 is 2.32 bits per heavy atom. The summed E-state index contributed by atoms with van der Waals surface area (Å²) in [4.78, 5) is 23.0. The summed E-state index contributed by atoms with van der Waals surface area (Å²) in [6.45, 7) is 6.80. The van der Waals surface area contributed by atoms with Crippen molar-refractivity contribution in [1.82, 2.24) is 0 Å². The van der Waals surface area contributed by atoms with Crippen LogP contribution in [0.25, 0.3) is 6.08 Å². The minimum absolute atomic E-state index is 0.0867. The van der Waals surface area contributed by atoms with Gasteiger partial charge in [-0.05, 0) is 48.2 Å². The summed E-state index contributed by atoms with van der Waals surface area (Å²) in [6, 6.07) is 9.26. The topological polar surface area (TPSA) is 71.1 Å². The zero-order valence-corrected chi connectivity index (χ0v) is 18.6. The summed E-state index contributed by atoms with van der Waals surface area (Å²) in [7, 11) is 1.63. The number of ether oxygens (including phenoxy) is 4. The molecule has 6 heteroatoms. The third kappa shape index (κ3) is 4.90. The van der Waals surface area contributed by atoms with Gasteiger partial charge in [0.1, 0.15) is 6.10 Å². The molecule has 0 fully saturated rings. The fourth-order valence-corrected chi connectivity index (χ4v) is 3.83. The van der Waals surface area contributed by atoms with Crippen molar-refractivity contribution in [2.45, 2.75) is 52.6 Å². The number of carbonyl (C=O) groups is 2. The molecule has 1 aliphatic heterocycles. The molecular formula is C25H28O6. The Kier molecular flexibility index (Phi) is 7.00. The van der Waals surface area contributed by atoms with Crippen LogP contribution < -0.4 is 18.9 Å². The quantitative estimate of drug-likeness (QED) is 0.426. The Morgan fingerprint density at radius 2 is 1.71 bits per heavy atom. The second-order valence-electron chi connectivity index (χ2n) is 7.40. The molecule has 0 bridgehead atoms. The Balaban J connectivity index is 2.03. The van der Waals surface area contributed by atoms with Crippen molar-refractivity contribution < 1.29 is 28.5 Å². The van der Waals surface area contributed by atoms with Gasteiger partial charge in [-0.3, -0.25) is 9.59 Å². The number of allylic oxidation sites excluding steroid dienone is 1. The maximum atomic E-state index is 11.6. The van der Waals surface area contributed by atoms with Crippen LogP contribution in [0.4, 0.5) is 0 Å². The lowest BCUT2D eigenvalue weighted by Crippen LogP contribution is -2.12. The average molecular weight is 424 g/mol. The van der Waals surface area contributed by atoms with E-state index in [0.717, 1.165) is 35.3 Å². The van der Waals surface area contributed by atoms with Crippen LogP contribution in [0.5, 0.6) is 23.0 Å². The number of carbonyl (C=O) groups excluding carboxylic acids is 2. The summed E-state index contributed by atoms with van der Waals surface area (Å²) < 4.78 is 22.4. The first-order valence-corrected chi connectivity index (χ1v) is 10.4. The maximum Gasteiger partial charge on any atom is 0.308 e. The number of rotatable bonds is 7. The fraction of sp³-hybridized carbons (Fsp3) is 0.360. The maximum absolute atomic E-state index is 11.6. The second kappa shape index (κ2) is 9.69. The van der Waals surface area contributed by atoms with Gasteiger partial charge in [0.25, 0.3) is 0 Å². The van der Waals surface area contributed by atoms with Crippen molar-refractivity contribution in [1.29, 1.82) is 0 Å². The van der Waals surface area contributed by atoms with Gasteiger partial charge in [-0.15, -0.1) is 0 Å². The molecule has 2 atom stereocenters. The van der Waals surface area contributed by atoms with E-state index in [0.29, 0.717) is 5.75 Å². The largest absolute Gasteiger partial charge is 0.493 e. The third-order valence-corrected chi connectivity index (χ3v) is 5.13. The van der Waals surface area contributed by atoms with Crippen LogP contribution in [0.1, 0.15) is 69.2 Å². The highest BCUT2D eigenvalue weighted by atomic mass is 16.6. The van der Waals surface area contributed by atoms with E-state index in [1.165, 1.54) is 13.8 Å². The zero-order chi connectivity index (χ0) is 22.5. The lowest BCUT2D eigenvalue weighted by atomic mass is 9.88. The first kappa shape index (κ1) is 22.4. The Hall–Kier alpha value is -3.28. The molecule has 6 nitrogen and oxygen atoms in total. The standard InChI is InChI=1S/C25H28O6/c1-6-8-9-17-12-20-19(7-2)24(31-25(20)23(13-17)28-5)18-10-11-21(29-15(3)26)22(14-18)30-16(4)27/h8-14,19,24H,6-7H2,1-5H3/b9-8+/t19-,24+/m0/s1. The molecule has 2 aromatic rings. The molecule has 164 valence electrons. The first-order valence-electron chi connectivity index (χ1n) is 10.4. The van der Waals surface area contributed by atoms with Gasteiger partial charge < -0.3 is 18.9 Å². The van der Waals surface area contributed by atoms with E-state index in [2.05, 4.69) is 32.1 Å². The van der Waals surface area contributed by atoms with E-state index in [-0.39, 0.29) is 23.5 Å². The van der Waals surface area contributed by atoms with Gasteiger partial charge >= 0.3 is 11.9 Å². The summed E-state index contributed by atoms with van der Waals surface area (Å²) in [6.07, 6.45) is 5.68. The minimum atomic E-state index is -0.498. The number of fused-ring (bicyclic) bond motifs is 1. The highest BCUT2D eigenvalue weighted by Gasteiger charge is 2.37. The van der Waals surface area contributed by atoms with Gasteiger partial charge in [-0.25, -0.2) is 0 Å². The number of hydrogen-bond acceptors (Lipinski definition) is 6.